The fourth-order valence-corrected chi connectivity index (χ4v) is 4.39. The van der Waals surface area contributed by atoms with Crippen LogP contribution in [0, 0.1) is 5.92 Å². The Bertz CT molecular complexity index is 637. The van der Waals surface area contributed by atoms with Crippen molar-refractivity contribution in [3.05, 3.63) is 11.4 Å². The fourth-order valence-electron chi connectivity index (χ4n) is 4.39. The largest absolute Gasteiger partial charge is 0.393 e. The van der Waals surface area contributed by atoms with Crippen LogP contribution >= 0.6 is 0 Å². The van der Waals surface area contributed by atoms with Gasteiger partial charge in [-0.25, -0.2) is 0 Å². The van der Waals surface area contributed by atoms with E-state index in [2.05, 4.69) is 15.2 Å². The first-order chi connectivity index (χ1) is 12.6. The number of rotatable bonds is 6. The number of nitrogens with zero attached hydrogens (tertiary/aromatic N) is 5. The standard InChI is InChI=1S/C18H29N5O3/c1-21-17-14(12-26-7-6-22-4-2-3-5-22)10-23(11-16(17)19-20-21)18(25)13-8-15(24)9-13/h13-15,24H,2-12H2,1H3. The molecule has 0 aromatic carbocycles. The second kappa shape index (κ2) is 7.62. The molecule has 1 unspecified atom stereocenters. The number of aliphatic hydroxyl groups is 1. The number of amides is 1. The zero-order valence-corrected chi connectivity index (χ0v) is 15.5. The molecule has 1 saturated carbocycles. The Morgan fingerprint density at radius 2 is 2.08 bits per heavy atom. The van der Waals surface area contributed by atoms with Gasteiger partial charge in [0.1, 0.15) is 5.69 Å². The van der Waals surface area contributed by atoms with Crippen LogP contribution in [-0.4, -0.2) is 81.3 Å². The third-order valence-corrected chi connectivity index (χ3v) is 5.96. The number of aryl methyl sites for hydroxylation is 1. The molecule has 1 aromatic heterocycles. The molecule has 8 nitrogen and oxygen atoms in total. The lowest BCUT2D eigenvalue weighted by atomic mass is 9.81. The summed E-state index contributed by atoms with van der Waals surface area (Å²) in [5, 5.41) is 17.9. The molecular weight excluding hydrogens is 334 g/mol. The van der Waals surface area contributed by atoms with Crippen LogP contribution in [0.2, 0.25) is 0 Å². The second-order valence-electron chi connectivity index (χ2n) is 7.91. The van der Waals surface area contributed by atoms with Crippen LogP contribution in [0.5, 0.6) is 0 Å². The van der Waals surface area contributed by atoms with Gasteiger partial charge in [0.2, 0.25) is 5.91 Å². The molecule has 1 aliphatic carbocycles. The number of hydrogen-bond acceptors (Lipinski definition) is 6. The van der Waals surface area contributed by atoms with E-state index in [1.807, 2.05) is 16.6 Å². The number of fused-ring (bicyclic) bond motifs is 1. The second-order valence-corrected chi connectivity index (χ2v) is 7.91. The first kappa shape index (κ1) is 17.9. The number of likely N-dealkylation sites (tertiary alicyclic amines) is 1. The van der Waals surface area contributed by atoms with Gasteiger partial charge in [-0.2, -0.15) is 0 Å². The number of ether oxygens (including phenoxy) is 1. The molecule has 0 bridgehead atoms. The van der Waals surface area contributed by atoms with E-state index in [1.165, 1.54) is 25.9 Å². The van der Waals surface area contributed by atoms with Crippen LogP contribution in [0.15, 0.2) is 0 Å². The smallest absolute Gasteiger partial charge is 0.226 e. The zero-order valence-electron chi connectivity index (χ0n) is 15.5. The van der Waals surface area contributed by atoms with E-state index in [-0.39, 0.29) is 23.8 Å². The van der Waals surface area contributed by atoms with Crippen molar-refractivity contribution in [2.75, 3.05) is 39.4 Å². The minimum atomic E-state index is -0.314. The molecule has 1 aromatic rings. The molecule has 2 fully saturated rings. The van der Waals surface area contributed by atoms with Crippen molar-refractivity contribution >= 4 is 5.91 Å². The minimum Gasteiger partial charge on any atom is -0.393 e. The quantitative estimate of drug-likeness (QED) is 0.723. The maximum atomic E-state index is 12.7. The number of aromatic nitrogens is 3. The van der Waals surface area contributed by atoms with Crippen LogP contribution in [0.3, 0.4) is 0 Å². The van der Waals surface area contributed by atoms with Gasteiger partial charge in [-0.05, 0) is 38.8 Å². The van der Waals surface area contributed by atoms with Gasteiger partial charge in [0.25, 0.3) is 0 Å². The molecule has 2 aliphatic heterocycles. The van der Waals surface area contributed by atoms with E-state index in [0.717, 1.165) is 24.5 Å². The fraction of sp³-hybridized carbons (Fsp3) is 0.833. The molecule has 144 valence electrons. The van der Waals surface area contributed by atoms with E-state index in [0.29, 0.717) is 32.5 Å². The number of carbonyl (C=O) groups excluding carboxylic acids is 1. The molecule has 1 N–H and O–H groups in total. The van der Waals surface area contributed by atoms with Gasteiger partial charge in [0.15, 0.2) is 0 Å². The highest BCUT2D eigenvalue weighted by Crippen LogP contribution is 2.33. The average molecular weight is 363 g/mol. The van der Waals surface area contributed by atoms with E-state index in [4.69, 9.17) is 4.74 Å². The molecule has 3 heterocycles. The molecule has 1 amide bonds. The monoisotopic (exact) mass is 363 g/mol. The van der Waals surface area contributed by atoms with Gasteiger partial charge >= 0.3 is 0 Å². The summed E-state index contributed by atoms with van der Waals surface area (Å²) in [6, 6.07) is 0. The third kappa shape index (κ3) is 3.63. The Labute approximate surface area is 154 Å². The van der Waals surface area contributed by atoms with E-state index in [1.54, 1.807) is 0 Å². The van der Waals surface area contributed by atoms with Crippen LogP contribution in [-0.2, 0) is 23.1 Å². The maximum Gasteiger partial charge on any atom is 0.226 e. The molecule has 0 radical (unpaired) electrons. The highest BCUT2D eigenvalue weighted by Gasteiger charge is 2.39. The van der Waals surface area contributed by atoms with Crippen LogP contribution in [0.25, 0.3) is 0 Å². The summed E-state index contributed by atoms with van der Waals surface area (Å²) in [7, 11) is 1.91. The molecule has 3 aliphatic rings. The number of carbonyl (C=O) groups is 1. The Morgan fingerprint density at radius 1 is 1.31 bits per heavy atom. The molecule has 0 spiro atoms. The van der Waals surface area contributed by atoms with Crippen molar-refractivity contribution < 1.29 is 14.6 Å². The Hall–Kier alpha value is -1.51. The van der Waals surface area contributed by atoms with Crippen LogP contribution in [0.1, 0.15) is 43.0 Å². The Morgan fingerprint density at radius 3 is 2.81 bits per heavy atom. The normalized spacial score (nSPS) is 28.8. The summed E-state index contributed by atoms with van der Waals surface area (Å²) < 4.78 is 7.79. The van der Waals surface area contributed by atoms with Crippen molar-refractivity contribution in [1.29, 1.82) is 0 Å². The van der Waals surface area contributed by atoms with Gasteiger partial charge in [0.05, 0.1) is 31.6 Å². The zero-order chi connectivity index (χ0) is 18.1. The minimum absolute atomic E-state index is 0.0417. The predicted molar refractivity (Wildman–Crippen MR) is 94.4 cm³/mol. The van der Waals surface area contributed by atoms with E-state index in [9.17, 15) is 9.90 Å². The lowest BCUT2D eigenvalue weighted by Gasteiger charge is -2.38. The first-order valence-corrected chi connectivity index (χ1v) is 9.77. The van der Waals surface area contributed by atoms with Crippen molar-refractivity contribution in [2.24, 2.45) is 13.0 Å². The number of hydrogen-bond donors (Lipinski definition) is 1. The Kier molecular flexibility index (Phi) is 5.24. The first-order valence-electron chi connectivity index (χ1n) is 9.77. The SMILES string of the molecule is Cn1nnc2c1C(COCCN1CCCC1)CN(C(=O)C1CC(O)C1)C2. The highest BCUT2D eigenvalue weighted by atomic mass is 16.5. The number of aliphatic hydroxyl groups excluding tert-OH is 1. The van der Waals surface area contributed by atoms with Gasteiger partial charge in [-0.1, -0.05) is 5.21 Å². The molecule has 1 saturated heterocycles. The van der Waals surface area contributed by atoms with Gasteiger partial charge in [0, 0.05) is 32.0 Å². The summed E-state index contributed by atoms with van der Waals surface area (Å²) in [4.78, 5) is 17.0. The Balaban J connectivity index is 1.35. The summed E-state index contributed by atoms with van der Waals surface area (Å²) in [6.45, 7) is 5.79. The maximum absolute atomic E-state index is 12.7. The topological polar surface area (TPSA) is 83.7 Å². The lowest BCUT2D eigenvalue weighted by Crippen LogP contribution is -2.47. The van der Waals surface area contributed by atoms with Crippen molar-refractivity contribution in [3.8, 4) is 0 Å². The van der Waals surface area contributed by atoms with E-state index < -0.39 is 0 Å². The van der Waals surface area contributed by atoms with Crippen LogP contribution < -0.4 is 0 Å². The lowest BCUT2D eigenvalue weighted by molar-refractivity contribution is -0.144. The summed E-state index contributed by atoms with van der Waals surface area (Å²) in [6.07, 6.45) is 3.43. The van der Waals surface area contributed by atoms with Gasteiger partial charge in [-0.15, -0.1) is 5.10 Å². The summed E-state index contributed by atoms with van der Waals surface area (Å²) >= 11 is 0. The van der Waals surface area contributed by atoms with Crippen molar-refractivity contribution in [2.45, 2.75) is 44.2 Å². The highest BCUT2D eigenvalue weighted by molar-refractivity contribution is 5.80. The summed E-state index contributed by atoms with van der Waals surface area (Å²) in [5.41, 5.74) is 1.96. The van der Waals surface area contributed by atoms with E-state index >= 15 is 0 Å². The third-order valence-electron chi connectivity index (χ3n) is 5.96. The van der Waals surface area contributed by atoms with Gasteiger partial charge in [-0.3, -0.25) is 9.48 Å². The molecule has 8 heteroatoms. The molecule has 4 rings (SSSR count). The predicted octanol–water partition coefficient (Wildman–Crippen LogP) is 0.124. The van der Waals surface area contributed by atoms with Crippen molar-refractivity contribution in [3.63, 3.8) is 0 Å². The summed E-state index contributed by atoms with van der Waals surface area (Å²) in [5.74, 6) is 0.194. The molecule has 26 heavy (non-hydrogen) atoms. The molecular formula is C18H29N5O3. The van der Waals surface area contributed by atoms with Crippen LogP contribution in [0.4, 0.5) is 0 Å². The average Bonchev–Trinajstić information content (AvgIpc) is 3.25. The van der Waals surface area contributed by atoms with Crippen molar-refractivity contribution in [1.82, 2.24) is 24.8 Å². The molecule has 1 atom stereocenters. The van der Waals surface area contributed by atoms with Gasteiger partial charge < -0.3 is 19.6 Å².